The minimum Gasteiger partial charge on any atom is -0.342 e. The molecular weight excluding hydrogens is 292 g/mol. The van der Waals surface area contributed by atoms with Gasteiger partial charge in [-0.1, -0.05) is 39.3 Å². The SMILES string of the molecule is CCc1noc(C(C)NC2CCN(C(=O)C(C)C)CC2CC)n1. The number of carbonyl (C=O) groups excluding carboxylic acids is 1. The lowest BCUT2D eigenvalue weighted by Gasteiger charge is -2.40. The van der Waals surface area contributed by atoms with Gasteiger partial charge < -0.3 is 14.7 Å². The quantitative estimate of drug-likeness (QED) is 0.871. The van der Waals surface area contributed by atoms with Crippen LogP contribution in [0.2, 0.25) is 0 Å². The Kier molecular flexibility index (Phi) is 6.16. The minimum absolute atomic E-state index is 0.0363. The zero-order valence-electron chi connectivity index (χ0n) is 15.0. The van der Waals surface area contributed by atoms with Gasteiger partial charge in [0.2, 0.25) is 11.8 Å². The van der Waals surface area contributed by atoms with Gasteiger partial charge in [0, 0.05) is 31.5 Å². The molecule has 6 nitrogen and oxygen atoms in total. The Hall–Kier alpha value is -1.43. The molecule has 3 atom stereocenters. The third-order valence-corrected chi connectivity index (χ3v) is 4.70. The maximum atomic E-state index is 12.2. The lowest BCUT2D eigenvalue weighted by molar-refractivity contribution is -0.136. The number of rotatable bonds is 6. The third-order valence-electron chi connectivity index (χ3n) is 4.70. The van der Waals surface area contributed by atoms with Gasteiger partial charge in [0.1, 0.15) is 0 Å². The van der Waals surface area contributed by atoms with Crippen molar-refractivity contribution in [3.05, 3.63) is 11.7 Å². The predicted octanol–water partition coefficient (Wildman–Crippen LogP) is 2.57. The maximum Gasteiger partial charge on any atom is 0.243 e. The molecule has 0 bridgehead atoms. The van der Waals surface area contributed by atoms with E-state index in [1.165, 1.54) is 0 Å². The molecule has 1 aromatic heterocycles. The molecule has 2 rings (SSSR count). The van der Waals surface area contributed by atoms with E-state index in [1.54, 1.807) is 0 Å². The lowest BCUT2D eigenvalue weighted by Crippen LogP contribution is -2.52. The fourth-order valence-corrected chi connectivity index (χ4v) is 3.21. The van der Waals surface area contributed by atoms with Crippen LogP contribution in [0.5, 0.6) is 0 Å². The Morgan fingerprint density at radius 1 is 1.39 bits per heavy atom. The summed E-state index contributed by atoms with van der Waals surface area (Å²) in [4.78, 5) is 18.6. The topological polar surface area (TPSA) is 71.3 Å². The van der Waals surface area contributed by atoms with Crippen LogP contribution in [0, 0.1) is 11.8 Å². The van der Waals surface area contributed by atoms with Crippen molar-refractivity contribution in [3.63, 3.8) is 0 Å². The van der Waals surface area contributed by atoms with E-state index in [9.17, 15) is 4.79 Å². The number of hydrogen-bond acceptors (Lipinski definition) is 5. The number of piperidine rings is 1. The Bertz CT molecular complexity index is 514. The van der Waals surface area contributed by atoms with Gasteiger partial charge in [-0.05, 0) is 19.3 Å². The normalized spacial score (nSPS) is 23.3. The molecule has 1 N–H and O–H groups in total. The van der Waals surface area contributed by atoms with Crippen molar-refractivity contribution in [2.45, 2.75) is 66.0 Å². The van der Waals surface area contributed by atoms with Crippen molar-refractivity contribution < 1.29 is 9.32 Å². The van der Waals surface area contributed by atoms with Crippen LogP contribution in [0.4, 0.5) is 0 Å². The summed E-state index contributed by atoms with van der Waals surface area (Å²) < 4.78 is 5.33. The smallest absolute Gasteiger partial charge is 0.243 e. The van der Waals surface area contributed by atoms with E-state index in [2.05, 4.69) is 29.3 Å². The fourth-order valence-electron chi connectivity index (χ4n) is 3.21. The molecule has 1 aliphatic rings. The second-order valence-electron chi connectivity index (χ2n) is 6.79. The van der Waals surface area contributed by atoms with E-state index in [-0.39, 0.29) is 17.9 Å². The molecule has 1 aromatic rings. The summed E-state index contributed by atoms with van der Waals surface area (Å²) in [5, 5.41) is 7.59. The van der Waals surface area contributed by atoms with Crippen LogP contribution in [0.25, 0.3) is 0 Å². The molecule has 130 valence electrons. The van der Waals surface area contributed by atoms with Crippen molar-refractivity contribution in [3.8, 4) is 0 Å². The van der Waals surface area contributed by atoms with Gasteiger partial charge in [0.05, 0.1) is 6.04 Å². The summed E-state index contributed by atoms with van der Waals surface area (Å²) in [6.07, 6.45) is 2.80. The summed E-state index contributed by atoms with van der Waals surface area (Å²) in [7, 11) is 0. The van der Waals surface area contributed by atoms with Crippen molar-refractivity contribution >= 4 is 5.91 Å². The standard InChI is InChI=1S/C17H30N4O2/c1-6-13-10-21(17(22)11(3)4)9-8-14(13)18-12(5)16-19-15(7-2)20-23-16/h11-14,18H,6-10H2,1-5H3. The van der Waals surface area contributed by atoms with Crippen LogP contribution in [0.1, 0.15) is 65.2 Å². The molecule has 0 saturated carbocycles. The number of amides is 1. The Balaban J connectivity index is 1.96. The number of aryl methyl sites for hydroxylation is 1. The summed E-state index contributed by atoms with van der Waals surface area (Å²) in [5.74, 6) is 2.19. The summed E-state index contributed by atoms with van der Waals surface area (Å²) in [6, 6.07) is 0.414. The minimum atomic E-state index is 0.0363. The number of carbonyl (C=O) groups is 1. The first-order chi connectivity index (χ1) is 11.0. The molecule has 6 heteroatoms. The highest BCUT2D eigenvalue weighted by molar-refractivity contribution is 5.78. The highest BCUT2D eigenvalue weighted by Gasteiger charge is 2.32. The van der Waals surface area contributed by atoms with Crippen molar-refractivity contribution in [1.82, 2.24) is 20.4 Å². The maximum absolute atomic E-state index is 12.2. The fraction of sp³-hybridized carbons (Fsp3) is 0.824. The highest BCUT2D eigenvalue weighted by atomic mass is 16.5. The van der Waals surface area contributed by atoms with Gasteiger partial charge in [-0.3, -0.25) is 4.79 Å². The Labute approximate surface area is 139 Å². The molecule has 0 radical (unpaired) electrons. The predicted molar refractivity (Wildman–Crippen MR) is 88.8 cm³/mol. The number of aromatic nitrogens is 2. The second kappa shape index (κ2) is 7.90. The van der Waals surface area contributed by atoms with Gasteiger partial charge in [-0.15, -0.1) is 0 Å². The Morgan fingerprint density at radius 3 is 2.70 bits per heavy atom. The van der Waals surface area contributed by atoms with Crippen LogP contribution in [0.3, 0.4) is 0 Å². The van der Waals surface area contributed by atoms with Gasteiger partial charge in [0.25, 0.3) is 0 Å². The molecular formula is C17H30N4O2. The summed E-state index contributed by atoms with van der Waals surface area (Å²) in [5.41, 5.74) is 0. The second-order valence-corrected chi connectivity index (χ2v) is 6.79. The number of nitrogens with one attached hydrogen (secondary N) is 1. The average molecular weight is 322 g/mol. The summed E-state index contributed by atoms with van der Waals surface area (Å²) >= 11 is 0. The van der Waals surface area contributed by atoms with Crippen LogP contribution >= 0.6 is 0 Å². The van der Waals surface area contributed by atoms with Gasteiger partial charge >= 0.3 is 0 Å². The van der Waals surface area contributed by atoms with E-state index in [4.69, 9.17) is 4.52 Å². The number of nitrogens with zero attached hydrogens (tertiary/aromatic N) is 3. The first kappa shape index (κ1) is 17.9. The molecule has 1 saturated heterocycles. The molecule has 0 aromatic carbocycles. The van der Waals surface area contributed by atoms with Crippen LogP contribution in [-0.2, 0) is 11.2 Å². The molecule has 0 spiro atoms. The van der Waals surface area contributed by atoms with E-state index in [0.717, 1.165) is 38.2 Å². The zero-order chi connectivity index (χ0) is 17.0. The van der Waals surface area contributed by atoms with E-state index >= 15 is 0 Å². The molecule has 1 fully saturated rings. The van der Waals surface area contributed by atoms with E-state index < -0.39 is 0 Å². The number of hydrogen-bond donors (Lipinski definition) is 1. The molecule has 1 amide bonds. The summed E-state index contributed by atoms with van der Waals surface area (Å²) in [6.45, 7) is 11.9. The highest BCUT2D eigenvalue weighted by Crippen LogP contribution is 2.24. The number of likely N-dealkylation sites (tertiary alicyclic amines) is 1. The van der Waals surface area contributed by atoms with E-state index in [1.807, 2.05) is 25.7 Å². The van der Waals surface area contributed by atoms with Crippen molar-refractivity contribution in [1.29, 1.82) is 0 Å². The molecule has 1 aliphatic heterocycles. The van der Waals surface area contributed by atoms with Crippen LogP contribution in [-0.4, -0.2) is 40.1 Å². The average Bonchev–Trinajstić information content (AvgIpc) is 3.03. The first-order valence-electron chi connectivity index (χ1n) is 8.83. The van der Waals surface area contributed by atoms with Gasteiger partial charge in [0.15, 0.2) is 5.82 Å². The third kappa shape index (κ3) is 4.31. The van der Waals surface area contributed by atoms with Gasteiger partial charge in [-0.25, -0.2) is 0 Å². The first-order valence-corrected chi connectivity index (χ1v) is 8.83. The largest absolute Gasteiger partial charge is 0.342 e. The molecule has 0 aliphatic carbocycles. The van der Waals surface area contributed by atoms with Gasteiger partial charge in [-0.2, -0.15) is 4.98 Å². The molecule has 23 heavy (non-hydrogen) atoms. The lowest BCUT2D eigenvalue weighted by atomic mass is 9.88. The van der Waals surface area contributed by atoms with Crippen molar-refractivity contribution in [2.75, 3.05) is 13.1 Å². The van der Waals surface area contributed by atoms with Crippen LogP contribution in [0.15, 0.2) is 4.52 Å². The van der Waals surface area contributed by atoms with E-state index in [0.29, 0.717) is 17.9 Å². The zero-order valence-corrected chi connectivity index (χ0v) is 15.0. The van der Waals surface area contributed by atoms with Crippen LogP contribution < -0.4 is 5.32 Å². The molecule has 3 unspecified atom stereocenters. The molecule has 2 heterocycles. The Morgan fingerprint density at radius 2 is 2.13 bits per heavy atom. The monoisotopic (exact) mass is 322 g/mol. The van der Waals surface area contributed by atoms with Crippen molar-refractivity contribution in [2.24, 2.45) is 11.8 Å².